The van der Waals surface area contributed by atoms with Crippen LogP contribution < -0.4 is 21.7 Å². The molecular formula is C36H44N8O2. The quantitative estimate of drug-likeness (QED) is 0.109. The molecular weight excluding hydrogens is 576 g/mol. The van der Waals surface area contributed by atoms with Gasteiger partial charge in [0.2, 0.25) is 5.91 Å². The van der Waals surface area contributed by atoms with Crippen LogP contribution in [-0.4, -0.2) is 77.8 Å². The molecule has 2 atom stereocenters. The van der Waals surface area contributed by atoms with Gasteiger partial charge in [-0.2, -0.15) is 5.10 Å². The summed E-state index contributed by atoms with van der Waals surface area (Å²) in [6.07, 6.45) is 3.66. The van der Waals surface area contributed by atoms with Crippen LogP contribution in [0.5, 0.6) is 0 Å². The van der Waals surface area contributed by atoms with Crippen LogP contribution >= 0.6 is 0 Å². The van der Waals surface area contributed by atoms with Gasteiger partial charge in [-0.25, -0.2) is 4.68 Å². The van der Waals surface area contributed by atoms with E-state index in [1.54, 1.807) is 17.9 Å². The molecule has 10 nitrogen and oxygen atoms in total. The van der Waals surface area contributed by atoms with Gasteiger partial charge in [-0.05, 0) is 49.4 Å². The van der Waals surface area contributed by atoms with Crippen molar-refractivity contribution in [1.29, 1.82) is 0 Å². The number of carbonyl (C=O) groups excluding carboxylic acids is 2. The summed E-state index contributed by atoms with van der Waals surface area (Å²) in [7, 11) is 1.64. The average Bonchev–Trinajstić information content (AvgIpc) is 3.42. The van der Waals surface area contributed by atoms with Gasteiger partial charge in [0.05, 0.1) is 29.2 Å². The van der Waals surface area contributed by atoms with Crippen LogP contribution in [0, 0.1) is 6.92 Å². The van der Waals surface area contributed by atoms with Gasteiger partial charge in [0, 0.05) is 45.2 Å². The third-order valence-electron chi connectivity index (χ3n) is 8.58. The molecule has 5 N–H and O–H groups in total. The molecule has 0 radical (unpaired) electrons. The van der Waals surface area contributed by atoms with Gasteiger partial charge in [0.15, 0.2) is 5.96 Å². The van der Waals surface area contributed by atoms with Crippen molar-refractivity contribution in [2.24, 2.45) is 10.7 Å². The van der Waals surface area contributed by atoms with Crippen molar-refractivity contribution in [3.8, 4) is 5.69 Å². The number of para-hydroxylation sites is 1. The number of nitrogens with one attached hydrogen (secondary N) is 3. The number of nitrogens with two attached hydrogens (primary N) is 1. The Morgan fingerprint density at radius 2 is 1.63 bits per heavy atom. The van der Waals surface area contributed by atoms with Gasteiger partial charge in [-0.15, -0.1) is 0 Å². The standard InChI is InChI=1S/C36H44N8O2/c1-26-31(24-41-44(26)30-17-10-5-11-18-30)34(45)40-23-29-20-22-43(35(46)33(42-29)19-12-21-39-36(37)38-2)25-32(27-13-6-3-7-14-27)28-15-8-4-9-16-28/h3-11,13-18,24,29,32-33,42H,12,19-23,25H2,1-2H3,(H,40,45)(H3,37,38,39). The summed E-state index contributed by atoms with van der Waals surface area (Å²) in [6, 6.07) is 30.0. The van der Waals surface area contributed by atoms with Crippen molar-refractivity contribution in [2.45, 2.75) is 44.2 Å². The summed E-state index contributed by atoms with van der Waals surface area (Å²) >= 11 is 0. The van der Waals surface area contributed by atoms with Crippen LogP contribution in [-0.2, 0) is 4.79 Å². The van der Waals surface area contributed by atoms with Crippen LogP contribution in [0.15, 0.2) is 102 Å². The molecule has 4 aromatic rings. The van der Waals surface area contributed by atoms with E-state index in [-0.39, 0.29) is 23.8 Å². The molecule has 10 heteroatoms. The van der Waals surface area contributed by atoms with E-state index in [9.17, 15) is 9.59 Å². The summed E-state index contributed by atoms with van der Waals surface area (Å²) in [6.45, 7) is 4.04. The van der Waals surface area contributed by atoms with Crippen molar-refractivity contribution >= 4 is 17.8 Å². The fraction of sp³-hybridized carbons (Fsp3) is 0.333. The van der Waals surface area contributed by atoms with E-state index in [2.05, 4.69) is 50.3 Å². The van der Waals surface area contributed by atoms with Crippen molar-refractivity contribution in [1.82, 2.24) is 30.6 Å². The topological polar surface area (TPSA) is 130 Å². The number of benzene rings is 3. The number of nitrogens with zero attached hydrogens (tertiary/aromatic N) is 4. The van der Waals surface area contributed by atoms with Gasteiger partial charge in [-0.3, -0.25) is 14.6 Å². The minimum Gasteiger partial charge on any atom is -0.370 e. The first-order valence-corrected chi connectivity index (χ1v) is 15.9. The third kappa shape index (κ3) is 8.19. The second kappa shape index (κ2) is 15.9. The second-order valence-electron chi connectivity index (χ2n) is 11.6. The van der Waals surface area contributed by atoms with Gasteiger partial charge >= 0.3 is 0 Å². The van der Waals surface area contributed by atoms with E-state index in [4.69, 9.17) is 5.73 Å². The minimum absolute atomic E-state index is 0.0367. The summed E-state index contributed by atoms with van der Waals surface area (Å²) in [5.41, 5.74) is 10.4. The monoisotopic (exact) mass is 620 g/mol. The first-order chi connectivity index (χ1) is 22.4. The van der Waals surface area contributed by atoms with Crippen LogP contribution in [0.1, 0.15) is 52.4 Å². The van der Waals surface area contributed by atoms with Crippen molar-refractivity contribution < 1.29 is 9.59 Å². The Morgan fingerprint density at radius 1 is 1.00 bits per heavy atom. The van der Waals surface area contributed by atoms with Gasteiger partial charge in [-0.1, -0.05) is 78.9 Å². The lowest BCUT2D eigenvalue weighted by Crippen LogP contribution is -2.49. The van der Waals surface area contributed by atoms with Gasteiger partial charge in [0.25, 0.3) is 5.91 Å². The van der Waals surface area contributed by atoms with Crippen molar-refractivity contribution in [2.75, 3.05) is 33.2 Å². The maximum Gasteiger partial charge on any atom is 0.254 e. The smallest absolute Gasteiger partial charge is 0.254 e. The molecule has 0 saturated carbocycles. The molecule has 3 aromatic carbocycles. The maximum absolute atomic E-state index is 14.1. The number of rotatable bonds is 12. The number of amides is 2. The molecule has 5 rings (SSSR count). The average molecular weight is 621 g/mol. The highest BCUT2D eigenvalue weighted by Gasteiger charge is 2.32. The lowest BCUT2D eigenvalue weighted by atomic mass is 9.90. The SMILES string of the molecule is CN=C(N)NCCCC1NC(CNC(=O)c2cnn(-c3ccccc3)c2C)CCN(CC(c2ccccc2)c2ccccc2)C1=O. The molecule has 240 valence electrons. The van der Waals surface area contributed by atoms with E-state index in [0.717, 1.165) is 17.8 Å². The Bertz CT molecular complexity index is 1550. The van der Waals surface area contributed by atoms with Crippen LogP contribution in [0.4, 0.5) is 0 Å². The van der Waals surface area contributed by atoms with Crippen LogP contribution in [0.2, 0.25) is 0 Å². The first kappa shape index (κ1) is 32.4. The number of hydrogen-bond donors (Lipinski definition) is 4. The molecule has 0 bridgehead atoms. The zero-order valence-electron chi connectivity index (χ0n) is 26.6. The van der Waals surface area contributed by atoms with Gasteiger partial charge in [0.1, 0.15) is 0 Å². The van der Waals surface area contributed by atoms with E-state index >= 15 is 0 Å². The zero-order valence-corrected chi connectivity index (χ0v) is 26.6. The highest BCUT2D eigenvalue weighted by molar-refractivity contribution is 5.95. The lowest BCUT2D eigenvalue weighted by Gasteiger charge is -2.29. The second-order valence-corrected chi connectivity index (χ2v) is 11.6. The zero-order chi connectivity index (χ0) is 32.3. The molecule has 1 fully saturated rings. The van der Waals surface area contributed by atoms with Gasteiger partial charge < -0.3 is 26.6 Å². The molecule has 1 aromatic heterocycles. The normalized spacial score (nSPS) is 17.2. The Labute approximate surface area is 271 Å². The molecule has 0 aliphatic carbocycles. The summed E-state index contributed by atoms with van der Waals surface area (Å²) in [5, 5.41) is 14.2. The largest absolute Gasteiger partial charge is 0.370 e. The maximum atomic E-state index is 14.1. The summed E-state index contributed by atoms with van der Waals surface area (Å²) in [4.78, 5) is 33.4. The molecule has 1 aliphatic rings. The Balaban J connectivity index is 1.30. The molecule has 1 aliphatic heterocycles. The summed E-state index contributed by atoms with van der Waals surface area (Å²) in [5.74, 6) is 0.302. The van der Waals surface area contributed by atoms with Crippen LogP contribution in [0.3, 0.4) is 0 Å². The van der Waals surface area contributed by atoms with E-state index in [0.29, 0.717) is 50.5 Å². The Morgan fingerprint density at radius 3 is 2.26 bits per heavy atom. The molecule has 2 heterocycles. The minimum atomic E-state index is -0.402. The fourth-order valence-electron chi connectivity index (χ4n) is 6.00. The number of carbonyl (C=O) groups is 2. The van der Waals surface area contributed by atoms with E-state index in [1.807, 2.05) is 78.6 Å². The highest BCUT2D eigenvalue weighted by atomic mass is 16.2. The lowest BCUT2D eigenvalue weighted by molar-refractivity contribution is -0.133. The number of aliphatic imine (C=N–C) groups is 1. The molecule has 1 saturated heterocycles. The molecule has 46 heavy (non-hydrogen) atoms. The van der Waals surface area contributed by atoms with E-state index < -0.39 is 6.04 Å². The van der Waals surface area contributed by atoms with Crippen LogP contribution in [0.25, 0.3) is 5.69 Å². The molecule has 2 unspecified atom stereocenters. The summed E-state index contributed by atoms with van der Waals surface area (Å²) < 4.78 is 1.77. The molecule has 2 amide bonds. The molecule has 0 spiro atoms. The Kier molecular flexibility index (Phi) is 11.2. The predicted molar refractivity (Wildman–Crippen MR) is 182 cm³/mol. The van der Waals surface area contributed by atoms with Crippen molar-refractivity contribution in [3.63, 3.8) is 0 Å². The highest BCUT2D eigenvalue weighted by Crippen LogP contribution is 2.27. The number of aromatic nitrogens is 2. The first-order valence-electron chi connectivity index (χ1n) is 15.9. The third-order valence-corrected chi connectivity index (χ3v) is 8.58. The Hall–Kier alpha value is -4.96. The number of hydrogen-bond acceptors (Lipinski definition) is 5. The number of guanidine groups is 1. The van der Waals surface area contributed by atoms with E-state index in [1.165, 1.54) is 11.1 Å². The van der Waals surface area contributed by atoms with Crippen molar-refractivity contribution in [3.05, 3.63) is 120 Å². The fourth-order valence-corrected chi connectivity index (χ4v) is 6.00. The predicted octanol–water partition coefficient (Wildman–Crippen LogP) is 3.62.